The fourth-order valence-electron chi connectivity index (χ4n) is 4.53. The van der Waals surface area contributed by atoms with Crippen molar-refractivity contribution in [2.75, 3.05) is 25.5 Å². The molecule has 0 saturated carbocycles. The molecule has 1 aromatic heterocycles. The van der Waals surface area contributed by atoms with E-state index in [1.807, 2.05) is 0 Å². The lowest BCUT2D eigenvalue weighted by Crippen LogP contribution is -2.63. The smallest absolute Gasteiger partial charge is 0.322 e. The predicted molar refractivity (Wildman–Crippen MR) is 172 cm³/mol. The van der Waals surface area contributed by atoms with Crippen LogP contribution in [0.1, 0.15) is 46.2 Å². The molecule has 52 heavy (non-hydrogen) atoms. The van der Waals surface area contributed by atoms with E-state index >= 15 is 0 Å². The number of aliphatic carboxylic acids is 2. The van der Waals surface area contributed by atoms with Crippen molar-refractivity contribution in [1.29, 1.82) is 0 Å². The molecule has 1 aliphatic heterocycles. The van der Waals surface area contributed by atoms with E-state index in [2.05, 4.69) is 20.9 Å². The number of esters is 4. The van der Waals surface area contributed by atoms with Gasteiger partial charge in [-0.2, -0.15) is 11.8 Å². The molecule has 2 heterocycles. The Morgan fingerprint density at radius 2 is 1.60 bits per heavy atom. The first-order chi connectivity index (χ1) is 24.5. The highest BCUT2D eigenvalue weighted by Gasteiger charge is 2.52. The zero-order valence-corrected chi connectivity index (χ0v) is 29.5. The van der Waals surface area contributed by atoms with Crippen LogP contribution in [-0.2, 0) is 79.1 Å². The van der Waals surface area contributed by atoms with Gasteiger partial charge in [-0.25, -0.2) is 4.68 Å². The molecule has 0 aromatic carbocycles. The molecular formula is C29H42N6O16S. The van der Waals surface area contributed by atoms with Crippen molar-refractivity contribution >= 4 is 59.4 Å². The standard InChI is InChI=1S/C29H42N6O16S/c1-14(36)47-11-21-24(48-15(2)37)25(49-16(3)38)26(50-17(4)39)29(51-21)46-8-7-35-10-18(33-34-35)12-52-13-20(27(43)31-9-23(41)42)32-22(40)6-5-19(30)28(44)45/h10,19-21,24-26,29H,5-9,11-13,30H2,1-4H3,(H,31,43)(H,32,40)(H,41,42)(H,44,45)/t19-,20-,21+,24+,25-,26+,29+/m0/s1. The minimum absolute atomic E-state index is 0.0128. The molecule has 0 bridgehead atoms. The molecule has 2 rings (SSSR count). The highest BCUT2D eigenvalue weighted by Crippen LogP contribution is 2.30. The summed E-state index contributed by atoms with van der Waals surface area (Å²) in [6.07, 6.45) is -5.64. The second-order valence-corrected chi connectivity index (χ2v) is 12.2. The van der Waals surface area contributed by atoms with Gasteiger partial charge in [0.15, 0.2) is 24.6 Å². The van der Waals surface area contributed by atoms with Gasteiger partial charge in [0.2, 0.25) is 11.8 Å². The van der Waals surface area contributed by atoms with Crippen LogP contribution < -0.4 is 16.4 Å². The van der Waals surface area contributed by atoms with Gasteiger partial charge < -0.3 is 55.0 Å². The van der Waals surface area contributed by atoms with E-state index < -0.39 is 104 Å². The normalized spacial score (nSPS) is 20.8. The van der Waals surface area contributed by atoms with Crippen molar-refractivity contribution in [2.45, 2.75) is 95.6 Å². The molecular weight excluding hydrogens is 720 g/mol. The molecule has 1 aliphatic rings. The molecule has 0 radical (unpaired) electrons. The topological polar surface area (TPSA) is 313 Å². The number of hydrogen-bond acceptors (Lipinski definition) is 18. The van der Waals surface area contributed by atoms with E-state index in [0.29, 0.717) is 5.69 Å². The third-order valence-electron chi connectivity index (χ3n) is 6.74. The van der Waals surface area contributed by atoms with Crippen LogP contribution in [0.3, 0.4) is 0 Å². The van der Waals surface area contributed by atoms with Gasteiger partial charge in [0, 0.05) is 51.8 Å². The quantitative estimate of drug-likeness (QED) is 0.0638. The fraction of sp³-hybridized carbons (Fsp3) is 0.655. The Bertz CT molecular complexity index is 1440. The Morgan fingerprint density at radius 1 is 0.962 bits per heavy atom. The van der Waals surface area contributed by atoms with Crippen LogP contribution in [0.15, 0.2) is 6.20 Å². The van der Waals surface area contributed by atoms with Crippen molar-refractivity contribution in [3.63, 3.8) is 0 Å². The molecule has 7 atom stereocenters. The second kappa shape index (κ2) is 21.5. The summed E-state index contributed by atoms with van der Waals surface area (Å²) in [7, 11) is 0. The number of carbonyl (C=O) groups excluding carboxylic acids is 6. The van der Waals surface area contributed by atoms with Crippen molar-refractivity contribution in [3.8, 4) is 0 Å². The third-order valence-corrected chi connectivity index (χ3v) is 7.81. The van der Waals surface area contributed by atoms with E-state index in [1.165, 1.54) is 4.68 Å². The van der Waals surface area contributed by atoms with Gasteiger partial charge in [0.05, 0.1) is 18.8 Å². The molecule has 0 spiro atoms. The number of carbonyl (C=O) groups is 8. The minimum atomic E-state index is -1.41. The number of amides is 2. The minimum Gasteiger partial charge on any atom is -0.480 e. The Hall–Kier alpha value is -4.87. The summed E-state index contributed by atoms with van der Waals surface area (Å²) in [6, 6.07) is -2.44. The number of aromatic nitrogens is 3. The van der Waals surface area contributed by atoms with Crippen LogP contribution in [0.5, 0.6) is 0 Å². The highest BCUT2D eigenvalue weighted by molar-refractivity contribution is 7.98. The van der Waals surface area contributed by atoms with E-state index in [1.54, 1.807) is 6.20 Å². The molecule has 0 unspecified atom stereocenters. The number of carboxylic acids is 2. The Kier molecular flexibility index (Phi) is 17.9. The summed E-state index contributed by atoms with van der Waals surface area (Å²) in [5.41, 5.74) is 5.86. The summed E-state index contributed by atoms with van der Waals surface area (Å²) in [5, 5.41) is 30.5. The SMILES string of the molecule is CC(=O)OC[C@H]1O[C@@H](OCCn2cc(CSC[C@H](NC(=O)CC[C@H](N)C(=O)O)C(=O)NCC(=O)O)nn2)[C@H](OC(C)=O)[C@@H](OC(C)=O)[C@@H]1OC(C)=O. The lowest BCUT2D eigenvalue weighted by Gasteiger charge is -2.44. The van der Waals surface area contributed by atoms with E-state index in [4.69, 9.17) is 44.4 Å². The molecule has 1 fully saturated rings. The van der Waals surface area contributed by atoms with E-state index in [0.717, 1.165) is 39.5 Å². The number of thioether (sulfide) groups is 1. The molecule has 1 aromatic rings. The number of hydrogen-bond donors (Lipinski definition) is 5. The molecule has 23 heteroatoms. The molecule has 2 amide bonds. The molecule has 6 N–H and O–H groups in total. The number of carboxylic acid groups (broad SMARTS) is 2. The monoisotopic (exact) mass is 762 g/mol. The summed E-state index contributed by atoms with van der Waals surface area (Å²) in [4.78, 5) is 94.1. The zero-order chi connectivity index (χ0) is 39.0. The van der Waals surface area contributed by atoms with E-state index in [9.17, 15) is 38.4 Å². The predicted octanol–water partition coefficient (Wildman–Crippen LogP) is -2.51. The number of ether oxygens (including phenoxy) is 6. The van der Waals surface area contributed by atoms with Gasteiger partial charge in [-0.1, -0.05) is 5.21 Å². The largest absolute Gasteiger partial charge is 0.480 e. The van der Waals surface area contributed by atoms with Crippen molar-refractivity contribution in [3.05, 3.63) is 11.9 Å². The van der Waals surface area contributed by atoms with Crippen LogP contribution in [0.2, 0.25) is 0 Å². The summed E-state index contributed by atoms with van der Waals surface area (Å²) in [5.74, 6) is -6.87. The maximum Gasteiger partial charge on any atom is 0.322 e. The Balaban J connectivity index is 2.07. The van der Waals surface area contributed by atoms with Gasteiger partial charge in [-0.15, -0.1) is 5.10 Å². The van der Waals surface area contributed by atoms with E-state index in [-0.39, 0.29) is 37.5 Å². The highest BCUT2D eigenvalue weighted by atomic mass is 32.2. The molecule has 1 saturated heterocycles. The van der Waals surface area contributed by atoms with Crippen molar-refractivity contribution in [1.82, 2.24) is 25.6 Å². The zero-order valence-electron chi connectivity index (χ0n) is 28.7. The molecule has 0 aliphatic carbocycles. The Morgan fingerprint density at radius 3 is 2.19 bits per heavy atom. The van der Waals surface area contributed by atoms with Crippen LogP contribution in [-0.4, -0.2) is 141 Å². The van der Waals surface area contributed by atoms with Crippen molar-refractivity contribution < 1.29 is 77.0 Å². The number of nitrogens with zero attached hydrogens (tertiary/aromatic N) is 3. The third kappa shape index (κ3) is 15.6. The average molecular weight is 763 g/mol. The first-order valence-electron chi connectivity index (χ1n) is 15.6. The summed E-state index contributed by atoms with van der Waals surface area (Å²) < 4.78 is 34.2. The maximum atomic E-state index is 12.6. The lowest BCUT2D eigenvalue weighted by atomic mass is 9.98. The van der Waals surface area contributed by atoms with Gasteiger partial charge in [0.1, 0.15) is 31.3 Å². The first kappa shape index (κ1) is 43.3. The Labute approximate surface area is 300 Å². The fourth-order valence-corrected chi connectivity index (χ4v) is 5.46. The molecule has 22 nitrogen and oxygen atoms in total. The van der Waals surface area contributed by atoms with Gasteiger partial charge in [0.25, 0.3) is 0 Å². The van der Waals surface area contributed by atoms with Crippen LogP contribution in [0.4, 0.5) is 0 Å². The summed E-state index contributed by atoms with van der Waals surface area (Å²) in [6.45, 7) is 3.26. The lowest BCUT2D eigenvalue weighted by molar-refractivity contribution is -0.308. The maximum absolute atomic E-state index is 12.6. The number of nitrogens with one attached hydrogen (secondary N) is 2. The van der Waals surface area contributed by atoms with Gasteiger partial charge in [-0.05, 0) is 6.42 Å². The van der Waals surface area contributed by atoms with Crippen molar-refractivity contribution in [2.24, 2.45) is 5.73 Å². The van der Waals surface area contributed by atoms with Crippen LogP contribution in [0.25, 0.3) is 0 Å². The first-order valence-corrected chi connectivity index (χ1v) is 16.8. The number of nitrogens with two attached hydrogens (primary N) is 1. The van der Waals surface area contributed by atoms with Crippen LogP contribution >= 0.6 is 11.8 Å². The average Bonchev–Trinajstić information content (AvgIpc) is 3.50. The van der Waals surface area contributed by atoms with Gasteiger partial charge >= 0.3 is 35.8 Å². The van der Waals surface area contributed by atoms with Gasteiger partial charge in [-0.3, -0.25) is 38.4 Å². The second-order valence-electron chi connectivity index (χ2n) is 11.1. The molecule has 290 valence electrons. The van der Waals surface area contributed by atoms with Crippen LogP contribution in [0, 0.1) is 0 Å². The summed E-state index contributed by atoms with van der Waals surface area (Å²) >= 11 is 1.16. The number of rotatable bonds is 21.